The first-order valence-electron chi connectivity index (χ1n) is 8.03. The Morgan fingerprint density at radius 2 is 1.77 bits per heavy atom. The van der Waals surface area contributed by atoms with Crippen LogP contribution in [0.3, 0.4) is 0 Å². The molecule has 1 N–H and O–H groups in total. The van der Waals surface area contributed by atoms with Gasteiger partial charge in [-0.25, -0.2) is 4.31 Å². The monoisotopic (exact) mass is 416 g/mol. The van der Waals surface area contributed by atoms with Crippen molar-refractivity contribution in [2.75, 3.05) is 18.4 Å². The van der Waals surface area contributed by atoms with Gasteiger partial charge in [0.15, 0.2) is 0 Å². The average Bonchev–Trinajstić information content (AvgIpc) is 3.08. The van der Waals surface area contributed by atoms with Gasteiger partial charge >= 0.3 is 6.18 Å². The average molecular weight is 417 g/mol. The van der Waals surface area contributed by atoms with E-state index >= 15 is 0 Å². The molecule has 1 saturated heterocycles. The van der Waals surface area contributed by atoms with Crippen molar-refractivity contribution in [1.29, 1.82) is 0 Å². The summed E-state index contributed by atoms with van der Waals surface area (Å²) in [6, 6.07) is 9.50. The second kappa shape index (κ2) is 8.17. The van der Waals surface area contributed by atoms with Gasteiger partial charge in [0.05, 0.1) is 16.1 Å². The van der Waals surface area contributed by atoms with Crippen LogP contribution in [0.25, 0.3) is 11.1 Å². The minimum atomic E-state index is -4.53. The number of nitrogens with one attached hydrogen (secondary N) is 1. The summed E-state index contributed by atoms with van der Waals surface area (Å²) in [4.78, 5) is 0.999. The minimum Gasteiger partial charge on any atom is -0.353 e. The van der Waals surface area contributed by atoms with Gasteiger partial charge in [0, 0.05) is 29.2 Å². The number of halogens is 4. The molecule has 0 spiro atoms. The highest BCUT2D eigenvalue weighted by molar-refractivity contribution is 7.97. The Bertz CT molecular complexity index is 788. The molecule has 0 radical (unpaired) electrons. The number of alkyl halides is 3. The van der Waals surface area contributed by atoms with E-state index in [-0.39, 0.29) is 16.3 Å². The first kappa shape index (κ1) is 19.5. The highest BCUT2D eigenvalue weighted by Crippen LogP contribution is 2.43. The number of anilines is 1. The van der Waals surface area contributed by atoms with Crippen molar-refractivity contribution >= 4 is 46.9 Å². The van der Waals surface area contributed by atoms with Gasteiger partial charge in [-0.15, -0.1) is 0 Å². The summed E-state index contributed by atoms with van der Waals surface area (Å²) in [6.45, 7) is 2.07. The van der Waals surface area contributed by atoms with Crippen LogP contribution in [0.4, 0.5) is 18.9 Å². The minimum absolute atomic E-state index is 0.0215. The number of benzene rings is 2. The lowest BCUT2D eigenvalue weighted by Crippen LogP contribution is -2.09. The molecule has 0 amide bonds. The van der Waals surface area contributed by atoms with E-state index in [9.17, 15) is 13.2 Å². The molecular weight excluding hydrogens is 401 g/mol. The van der Waals surface area contributed by atoms with Crippen LogP contribution in [-0.2, 0) is 6.18 Å². The van der Waals surface area contributed by atoms with Crippen LogP contribution in [0.5, 0.6) is 0 Å². The van der Waals surface area contributed by atoms with Crippen LogP contribution in [-0.4, -0.2) is 22.9 Å². The molecule has 0 aliphatic carbocycles. The first-order valence-corrected chi connectivity index (χ1v) is 9.65. The molecule has 1 aliphatic rings. The van der Waals surface area contributed by atoms with Crippen LogP contribution in [0.15, 0.2) is 41.3 Å². The molecule has 0 atom stereocenters. The van der Waals surface area contributed by atoms with E-state index < -0.39 is 11.7 Å². The third-order valence-electron chi connectivity index (χ3n) is 4.06. The Balaban J connectivity index is 1.95. The lowest BCUT2D eigenvalue weighted by molar-refractivity contribution is -0.137. The Morgan fingerprint density at radius 3 is 2.35 bits per heavy atom. The lowest BCUT2D eigenvalue weighted by Gasteiger charge is -2.17. The van der Waals surface area contributed by atoms with E-state index in [4.69, 9.17) is 11.6 Å². The molecule has 2 aromatic rings. The largest absolute Gasteiger partial charge is 0.417 e. The third-order valence-corrected chi connectivity index (χ3v) is 5.59. The molecule has 2 nitrogen and oxygen atoms in total. The van der Waals surface area contributed by atoms with Gasteiger partial charge in [-0.2, -0.15) is 13.2 Å². The van der Waals surface area contributed by atoms with Gasteiger partial charge in [0.2, 0.25) is 0 Å². The fraction of sp³-hybridized carbons (Fsp3) is 0.278. The summed E-state index contributed by atoms with van der Waals surface area (Å²) in [5, 5.41) is 2.61. The number of thiocarbonyl (C=S) groups is 1. The molecule has 1 fully saturated rings. The normalized spacial score (nSPS) is 15.2. The second-order valence-corrected chi connectivity index (χ2v) is 7.71. The summed E-state index contributed by atoms with van der Waals surface area (Å²) in [5.41, 5.74) is 0.982. The van der Waals surface area contributed by atoms with Crippen LogP contribution >= 0.6 is 35.8 Å². The Labute approximate surface area is 164 Å². The number of hydrogen-bond acceptors (Lipinski definition) is 3. The van der Waals surface area contributed by atoms with E-state index in [1.807, 2.05) is 12.1 Å². The zero-order chi connectivity index (χ0) is 18.7. The predicted octanol–water partition coefficient (Wildman–Crippen LogP) is 6.50. The zero-order valence-corrected chi connectivity index (χ0v) is 16.0. The van der Waals surface area contributed by atoms with Crippen LogP contribution in [0.2, 0.25) is 5.02 Å². The van der Waals surface area contributed by atoms with Crippen molar-refractivity contribution in [3.63, 3.8) is 0 Å². The highest BCUT2D eigenvalue weighted by Gasteiger charge is 2.35. The van der Waals surface area contributed by atoms with Crippen molar-refractivity contribution in [2.45, 2.75) is 23.9 Å². The molecule has 0 aromatic heterocycles. The highest BCUT2D eigenvalue weighted by atomic mass is 35.5. The number of rotatable bonds is 5. The van der Waals surface area contributed by atoms with Gasteiger partial charge in [-0.3, -0.25) is 0 Å². The molecule has 3 rings (SSSR count). The maximum Gasteiger partial charge on any atom is 0.417 e. The van der Waals surface area contributed by atoms with Crippen LogP contribution < -0.4 is 5.32 Å². The van der Waals surface area contributed by atoms with Crippen molar-refractivity contribution in [2.24, 2.45) is 0 Å². The topological polar surface area (TPSA) is 15.3 Å². The molecule has 0 unspecified atom stereocenters. The van der Waals surface area contributed by atoms with E-state index in [0.717, 1.165) is 29.5 Å². The zero-order valence-electron chi connectivity index (χ0n) is 13.6. The fourth-order valence-electron chi connectivity index (χ4n) is 2.89. The van der Waals surface area contributed by atoms with Gasteiger partial charge in [0.25, 0.3) is 0 Å². The fourth-order valence-corrected chi connectivity index (χ4v) is 4.35. The van der Waals surface area contributed by atoms with Crippen LogP contribution in [0.1, 0.15) is 18.4 Å². The summed E-state index contributed by atoms with van der Waals surface area (Å²) in [6.07, 6.45) is -2.17. The molecular formula is C18H16ClF3N2S2. The summed E-state index contributed by atoms with van der Waals surface area (Å²) in [5.74, 6) is 0. The van der Waals surface area contributed by atoms with Gasteiger partial charge in [-0.05, 0) is 54.6 Å². The molecule has 2 aromatic carbocycles. The van der Waals surface area contributed by atoms with Crippen molar-refractivity contribution < 1.29 is 13.2 Å². The Kier molecular flexibility index (Phi) is 6.12. The first-order chi connectivity index (χ1) is 12.4. The molecule has 1 aliphatic heterocycles. The molecule has 138 valence electrons. The number of nitrogens with zero attached hydrogens (tertiary/aromatic N) is 1. The van der Waals surface area contributed by atoms with Gasteiger partial charge in [-0.1, -0.05) is 36.0 Å². The smallest absolute Gasteiger partial charge is 0.353 e. The lowest BCUT2D eigenvalue weighted by atomic mass is 9.98. The van der Waals surface area contributed by atoms with Crippen molar-refractivity contribution in [1.82, 2.24) is 4.31 Å². The Hall–Kier alpha value is -1.28. The third kappa shape index (κ3) is 4.52. The Morgan fingerprint density at radius 1 is 1.12 bits per heavy atom. The molecule has 1 heterocycles. The number of hydrogen-bond donors (Lipinski definition) is 1. The van der Waals surface area contributed by atoms with E-state index in [2.05, 4.69) is 21.8 Å². The molecule has 8 heteroatoms. The van der Waals surface area contributed by atoms with E-state index in [0.29, 0.717) is 5.56 Å². The van der Waals surface area contributed by atoms with E-state index in [1.165, 1.54) is 18.9 Å². The maximum atomic E-state index is 13.6. The summed E-state index contributed by atoms with van der Waals surface area (Å²) < 4.78 is 42.9. The van der Waals surface area contributed by atoms with Crippen molar-refractivity contribution in [3.8, 4) is 11.1 Å². The van der Waals surface area contributed by atoms with Crippen LogP contribution in [0, 0.1) is 0 Å². The maximum absolute atomic E-state index is 13.6. The summed E-state index contributed by atoms with van der Waals surface area (Å²) in [7, 11) is 0. The molecule has 26 heavy (non-hydrogen) atoms. The SMILES string of the molecule is FC(F)(F)c1cc(NC=S)cc(Cl)c1-c1ccc(SN2CCCC2)cc1. The molecule has 0 bridgehead atoms. The standard InChI is InChI=1S/C18H16ClF3N2S2/c19-16-10-13(23-11-25)9-15(18(20,21)22)17(16)12-3-5-14(6-4-12)26-24-7-1-2-8-24/h3-6,9-11H,1-2,7-8H2,(H,23,25). The van der Waals surface area contributed by atoms with Crippen molar-refractivity contribution in [3.05, 3.63) is 47.0 Å². The quantitative estimate of drug-likeness (QED) is 0.442. The van der Waals surface area contributed by atoms with E-state index in [1.54, 1.807) is 24.1 Å². The van der Waals surface area contributed by atoms with Gasteiger partial charge in [0.1, 0.15) is 0 Å². The molecule has 0 saturated carbocycles. The predicted molar refractivity (Wildman–Crippen MR) is 106 cm³/mol. The van der Waals surface area contributed by atoms with Gasteiger partial charge < -0.3 is 5.32 Å². The summed E-state index contributed by atoms with van der Waals surface area (Å²) >= 11 is 12.5. The second-order valence-electron chi connectivity index (χ2n) is 5.89.